The molecule has 100 valence electrons. The monoisotopic (exact) mass is 267 g/mol. The summed E-state index contributed by atoms with van der Waals surface area (Å²) in [4.78, 5) is 14.7. The van der Waals surface area contributed by atoms with Gasteiger partial charge in [-0.15, -0.1) is 11.3 Å². The van der Waals surface area contributed by atoms with Crippen molar-refractivity contribution >= 4 is 17.2 Å². The SMILES string of the molecule is CN(Cc1ccsc1C(=O)NN)C1CCCCC1. The van der Waals surface area contributed by atoms with Gasteiger partial charge in [-0.3, -0.25) is 15.1 Å². The Morgan fingerprint density at radius 3 is 2.89 bits per heavy atom. The maximum absolute atomic E-state index is 11.6. The molecule has 1 fully saturated rings. The molecule has 4 nitrogen and oxygen atoms in total. The Labute approximate surface area is 112 Å². The Bertz CT molecular complexity index is 399. The van der Waals surface area contributed by atoms with E-state index in [2.05, 4.69) is 17.4 Å². The van der Waals surface area contributed by atoms with Crippen molar-refractivity contribution in [1.82, 2.24) is 10.3 Å². The van der Waals surface area contributed by atoms with Crippen molar-refractivity contribution in [3.63, 3.8) is 0 Å². The highest BCUT2D eigenvalue weighted by atomic mass is 32.1. The lowest BCUT2D eigenvalue weighted by Gasteiger charge is -2.31. The zero-order valence-electron chi connectivity index (χ0n) is 10.8. The van der Waals surface area contributed by atoms with Gasteiger partial charge in [0.1, 0.15) is 0 Å². The van der Waals surface area contributed by atoms with Gasteiger partial charge >= 0.3 is 0 Å². The summed E-state index contributed by atoms with van der Waals surface area (Å²) in [5, 5.41) is 1.95. The van der Waals surface area contributed by atoms with Crippen LogP contribution in [0, 0.1) is 0 Å². The molecule has 0 atom stereocenters. The molecule has 1 aliphatic rings. The molecule has 2 rings (SSSR count). The van der Waals surface area contributed by atoms with Crippen molar-refractivity contribution < 1.29 is 4.79 Å². The molecule has 0 saturated heterocycles. The maximum atomic E-state index is 11.6. The fourth-order valence-corrected chi connectivity index (χ4v) is 3.46. The van der Waals surface area contributed by atoms with Crippen LogP contribution in [0.1, 0.15) is 47.3 Å². The molecule has 0 bridgehead atoms. The first-order chi connectivity index (χ1) is 8.72. The summed E-state index contributed by atoms with van der Waals surface area (Å²) in [5.74, 6) is 5.02. The van der Waals surface area contributed by atoms with Gasteiger partial charge in [-0.25, -0.2) is 5.84 Å². The average molecular weight is 267 g/mol. The second-order valence-electron chi connectivity index (χ2n) is 4.96. The molecule has 3 N–H and O–H groups in total. The van der Waals surface area contributed by atoms with E-state index in [1.807, 2.05) is 11.4 Å². The van der Waals surface area contributed by atoms with Crippen LogP contribution in [0.25, 0.3) is 0 Å². The average Bonchev–Trinajstić information content (AvgIpc) is 2.87. The van der Waals surface area contributed by atoms with Gasteiger partial charge in [0.2, 0.25) is 0 Å². The summed E-state index contributed by atoms with van der Waals surface area (Å²) in [7, 11) is 2.15. The van der Waals surface area contributed by atoms with Crippen LogP contribution in [0.2, 0.25) is 0 Å². The molecule has 5 heteroatoms. The lowest BCUT2D eigenvalue weighted by Crippen LogP contribution is -2.34. The molecular formula is C13H21N3OS. The molecule has 0 aliphatic heterocycles. The molecular weight excluding hydrogens is 246 g/mol. The lowest BCUT2D eigenvalue weighted by atomic mass is 9.94. The fourth-order valence-electron chi connectivity index (χ4n) is 2.64. The molecule has 1 amide bonds. The Morgan fingerprint density at radius 2 is 2.22 bits per heavy atom. The number of rotatable bonds is 4. The third-order valence-electron chi connectivity index (χ3n) is 3.70. The Balaban J connectivity index is 2.00. The number of hydrogen-bond donors (Lipinski definition) is 2. The minimum atomic E-state index is -0.183. The molecule has 0 spiro atoms. The normalized spacial score (nSPS) is 17.1. The van der Waals surface area contributed by atoms with Crippen molar-refractivity contribution in [1.29, 1.82) is 0 Å². The highest BCUT2D eigenvalue weighted by Crippen LogP contribution is 2.25. The first kappa shape index (κ1) is 13.5. The first-order valence-corrected chi connectivity index (χ1v) is 7.38. The fraction of sp³-hybridized carbons (Fsp3) is 0.615. The Morgan fingerprint density at radius 1 is 1.50 bits per heavy atom. The number of carbonyl (C=O) groups excluding carboxylic acids is 1. The van der Waals surface area contributed by atoms with E-state index in [4.69, 9.17) is 5.84 Å². The number of carbonyl (C=O) groups is 1. The molecule has 1 aromatic rings. The van der Waals surface area contributed by atoms with Gasteiger partial charge in [0, 0.05) is 12.6 Å². The largest absolute Gasteiger partial charge is 0.299 e. The number of nitrogens with zero attached hydrogens (tertiary/aromatic N) is 1. The van der Waals surface area contributed by atoms with Crippen LogP contribution in [0.5, 0.6) is 0 Å². The predicted molar refractivity (Wildman–Crippen MR) is 74.3 cm³/mol. The van der Waals surface area contributed by atoms with E-state index in [0.29, 0.717) is 6.04 Å². The molecule has 18 heavy (non-hydrogen) atoms. The van der Waals surface area contributed by atoms with Crippen LogP contribution >= 0.6 is 11.3 Å². The smallest absolute Gasteiger partial charge is 0.275 e. The number of thiophene rings is 1. The van der Waals surface area contributed by atoms with Crippen LogP contribution in [-0.4, -0.2) is 23.9 Å². The molecule has 1 aliphatic carbocycles. The summed E-state index contributed by atoms with van der Waals surface area (Å²) < 4.78 is 0. The molecule has 1 heterocycles. The van der Waals surface area contributed by atoms with Crippen molar-refractivity contribution in [2.75, 3.05) is 7.05 Å². The van der Waals surface area contributed by atoms with Gasteiger partial charge in [0.25, 0.3) is 5.91 Å². The quantitative estimate of drug-likeness (QED) is 0.499. The van der Waals surface area contributed by atoms with Gasteiger partial charge < -0.3 is 0 Å². The number of nitrogen functional groups attached to an aromatic ring is 1. The number of hydrazine groups is 1. The summed E-state index contributed by atoms with van der Waals surface area (Å²) in [6.45, 7) is 0.830. The van der Waals surface area contributed by atoms with Gasteiger partial charge in [-0.2, -0.15) is 0 Å². The van der Waals surface area contributed by atoms with Crippen LogP contribution < -0.4 is 11.3 Å². The van der Waals surface area contributed by atoms with E-state index >= 15 is 0 Å². The maximum Gasteiger partial charge on any atom is 0.275 e. The van der Waals surface area contributed by atoms with Gasteiger partial charge in [-0.1, -0.05) is 19.3 Å². The Hall–Kier alpha value is -0.910. The minimum absolute atomic E-state index is 0.183. The number of nitrogens with one attached hydrogen (secondary N) is 1. The van der Waals surface area contributed by atoms with Gasteiger partial charge in [0.05, 0.1) is 4.88 Å². The Kier molecular flexibility index (Phi) is 4.74. The topological polar surface area (TPSA) is 58.4 Å². The standard InChI is InChI=1S/C13H21N3OS/c1-16(11-5-3-2-4-6-11)9-10-7-8-18-12(10)13(17)15-14/h7-8,11H,2-6,9,14H2,1H3,(H,15,17). The summed E-state index contributed by atoms with van der Waals surface area (Å²) in [5.41, 5.74) is 3.29. The third kappa shape index (κ3) is 3.10. The highest BCUT2D eigenvalue weighted by molar-refractivity contribution is 7.12. The summed E-state index contributed by atoms with van der Waals surface area (Å²) in [6, 6.07) is 2.68. The zero-order valence-corrected chi connectivity index (χ0v) is 11.6. The number of nitrogens with two attached hydrogens (primary N) is 1. The summed E-state index contributed by atoms with van der Waals surface area (Å²) in [6.07, 6.45) is 6.57. The van der Waals surface area contributed by atoms with Crippen molar-refractivity contribution in [2.45, 2.75) is 44.7 Å². The second-order valence-corrected chi connectivity index (χ2v) is 5.87. The number of amides is 1. The molecule has 0 radical (unpaired) electrons. The summed E-state index contributed by atoms with van der Waals surface area (Å²) >= 11 is 1.45. The van der Waals surface area contributed by atoms with E-state index < -0.39 is 0 Å². The van der Waals surface area contributed by atoms with E-state index in [1.54, 1.807) is 0 Å². The molecule has 0 aromatic carbocycles. The zero-order chi connectivity index (χ0) is 13.0. The first-order valence-electron chi connectivity index (χ1n) is 6.50. The van der Waals surface area contributed by atoms with Crippen LogP contribution in [-0.2, 0) is 6.54 Å². The van der Waals surface area contributed by atoms with E-state index in [1.165, 1.54) is 43.4 Å². The molecule has 1 aromatic heterocycles. The van der Waals surface area contributed by atoms with Crippen LogP contribution in [0.15, 0.2) is 11.4 Å². The van der Waals surface area contributed by atoms with Crippen LogP contribution in [0.3, 0.4) is 0 Å². The second kappa shape index (κ2) is 6.31. The van der Waals surface area contributed by atoms with Crippen LogP contribution in [0.4, 0.5) is 0 Å². The molecule has 0 unspecified atom stereocenters. The van der Waals surface area contributed by atoms with Crippen molar-refractivity contribution in [3.05, 3.63) is 21.9 Å². The minimum Gasteiger partial charge on any atom is -0.299 e. The predicted octanol–water partition coefficient (Wildman–Crippen LogP) is 2.12. The number of hydrogen-bond acceptors (Lipinski definition) is 4. The van der Waals surface area contributed by atoms with E-state index in [-0.39, 0.29) is 5.91 Å². The van der Waals surface area contributed by atoms with Crippen molar-refractivity contribution in [3.8, 4) is 0 Å². The van der Waals surface area contributed by atoms with Gasteiger partial charge in [0.15, 0.2) is 0 Å². The van der Waals surface area contributed by atoms with E-state index in [0.717, 1.165) is 17.0 Å². The lowest BCUT2D eigenvalue weighted by molar-refractivity contribution is 0.0955. The van der Waals surface area contributed by atoms with E-state index in [9.17, 15) is 4.79 Å². The highest BCUT2D eigenvalue weighted by Gasteiger charge is 2.20. The van der Waals surface area contributed by atoms with Gasteiger partial charge in [-0.05, 0) is 36.9 Å². The third-order valence-corrected chi connectivity index (χ3v) is 4.66. The molecule has 1 saturated carbocycles. The van der Waals surface area contributed by atoms with Crippen molar-refractivity contribution in [2.24, 2.45) is 5.84 Å².